The summed E-state index contributed by atoms with van der Waals surface area (Å²) in [6.45, 7) is 5.67. The summed E-state index contributed by atoms with van der Waals surface area (Å²) in [5.74, 6) is -1.79. The van der Waals surface area contributed by atoms with Gasteiger partial charge < -0.3 is 19.3 Å². The van der Waals surface area contributed by atoms with Crippen molar-refractivity contribution in [3.8, 4) is 0 Å². The van der Waals surface area contributed by atoms with Crippen LogP contribution < -0.4 is 0 Å². The van der Waals surface area contributed by atoms with Crippen LogP contribution in [-0.2, 0) is 14.2 Å². The van der Waals surface area contributed by atoms with Crippen molar-refractivity contribution >= 4 is 0 Å². The molecule has 1 unspecified atom stereocenters. The Morgan fingerprint density at radius 2 is 1.92 bits per heavy atom. The van der Waals surface area contributed by atoms with Crippen LogP contribution in [0.5, 0.6) is 0 Å². The molecule has 70 valence electrons. The van der Waals surface area contributed by atoms with Crippen LogP contribution in [0.4, 0.5) is 0 Å². The lowest BCUT2D eigenvalue weighted by Gasteiger charge is -2.25. The first-order chi connectivity index (χ1) is 5.41. The lowest BCUT2D eigenvalue weighted by Crippen LogP contribution is -2.40. The van der Waals surface area contributed by atoms with Crippen LogP contribution >= 0.6 is 0 Å². The summed E-state index contributed by atoms with van der Waals surface area (Å²) in [6, 6.07) is 0. The molecule has 0 amide bonds. The monoisotopic (exact) mass is 174 g/mol. The first-order valence-electron chi connectivity index (χ1n) is 4.13. The Kier molecular flexibility index (Phi) is 1.55. The van der Waals surface area contributed by atoms with Gasteiger partial charge in [-0.3, -0.25) is 0 Å². The molecule has 0 saturated carbocycles. The molecule has 0 bridgehead atoms. The Morgan fingerprint density at radius 3 is 2.50 bits per heavy atom. The van der Waals surface area contributed by atoms with Crippen molar-refractivity contribution in [1.82, 2.24) is 0 Å². The number of aliphatic hydroxyl groups is 1. The highest BCUT2D eigenvalue weighted by Crippen LogP contribution is 2.39. The van der Waals surface area contributed by atoms with Gasteiger partial charge in [-0.2, -0.15) is 0 Å². The van der Waals surface area contributed by atoms with Crippen LogP contribution in [0.25, 0.3) is 0 Å². The predicted molar refractivity (Wildman–Crippen MR) is 40.4 cm³/mol. The first-order valence-corrected chi connectivity index (χ1v) is 4.13. The second kappa shape index (κ2) is 2.20. The van der Waals surface area contributed by atoms with Crippen molar-refractivity contribution in [2.24, 2.45) is 0 Å². The van der Waals surface area contributed by atoms with E-state index in [0.29, 0.717) is 6.61 Å². The minimum absolute atomic E-state index is 0.130. The maximum atomic E-state index is 9.67. The van der Waals surface area contributed by atoms with Gasteiger partial charge in [0.25, 0.3) is 0 Å². The molecule has 2 rings (SSSR count). The molecule has 2 heterocycles. The van der Waals surface area contributed by atoms with Crippen LogP contribution in [0.3, 0.4) is 0 Å². The van der Waals surface area contributed by atoms with E-state index in [0.717, 1.165) is 0 Å². The highest BCUT2D eigenvalue weighted by molar-refractivity contribution is 4.94. The summed E-state index contributed by atoms with van der Waals surface area (Å²) in [6.07, 6.45) is -0.484. The summed E-state index contributed by atoms with van der Waals surface area (Å²) in [4.78, 5) is 0. The molecule has 4 heteroatoms. The number of rotatable bonds is 0. The molecule has 0 aromatic heterocycles. The number of hydrogen-bond donors (Lipinski definition) is 1. The third-order valence-corrected chi connectivity index (χ3v) is 2.25. The maximum Gasteiger partial charge on any atom is 0.192 e. The number of ether oxygens (including phenoxy) is 3. The van der Waals surface area contributed by atoms with E-state index in [1.165, 1.54) is 0 Å². The topological polar surface area (TPSA) is 47.9 Å². The van der Waals surface area contributed by atoms with E-state index in [1.807, 2.05) is 13.8 Å². The quantitative estimate of drug-likeness (QED) is 0.571. The lowest BCUT2D eigenvalue weighted by atomic mass is 10.1. The Hall–Kier alpha value is -0.160. The molecular formula is C8H14O4. The average Bonchev–Trinajstić information content (AvgIpc) is 2.31. The van der Waals surface area contributed by atoms with Crippen LogP contribution in [0.2, 0.25) is 0 Å². The van der Waals surface area contributed by atoms with E-state index in [-0.39, 0.29) is 12.2 Å². The second-order valence-corrected chi connectivity index (χ2v) is 3.96. The minimum Gasteiger partial charge on any atom is -0.364 e. The predicted octanol–water partition coefficient (Wildman–Crippen LogP) is 0.245. The molecule has 2 saturated heterocycles. The summed E-state index contributed by atoms with van der Waals surface area (Å²) in [7, 11) is 0. The zero-order valence-electron chi connectivity index (χ0n) is 7.53. The molecular weight excluding hydrogens is 160 g/mol. The van der Waals surface area contributed by atoms with E-state index in [4.69, 9.17) is 14.2 Å². The molecule has 4 nitrogen and oxygen atoms in total. The molecule has 2 fully saturated rings. The van der Waals surface area contributed by atoms with Gasteiger partial charge in [-0.15, -0.1) is 0 Å². The molecule has 1 N–H and O–H groups in total. The van der Waals surface area contributed by atoms with Gasteiger partial charge >= 0.3 is 0 Å². The molecule has 12 heavy (non-hydrogen) atoms. The Bertz CT molecular complexity index is 199. The van der Waals surface area contributed by atoms with Gasteiger partial charge in [0.1, 0.15) is 12.2 Å². The largest absolute Gasteiger partial charge is 0.364 e. The van der Waals surface area contributed by atoms with E-state index in [9.17, 15) is 5.11 Å². The molecule has 0 aliphatic carbocycles. The third kappa shape index (κ3) is 1.15. The van der Waals surface area contributed by atoms with Crippen LogP contribution in [0.15, 0.2) is 0 Å². The van der Waals surface area contributed by atoms with Gasteiger partial charge in [0.2, 0.25) is 0 Å². The third-order valence-electron chi connectivity index (χ3n) is 2.25. The van der Waals surface area contributed by atoms with Crippen molar-refractivity contribution in [2.75, 3.05) is 6.61 Å². The zero-order chi connectivity index (χ0) is 8.98. The fraction of sp³-hybridized carbons (Fsp3) is 1.00. The minimum atomic E-state index is -1.20. The van der Waals surface area contributed by atoms with Crippen molar-refractivity contribution in [2.45, 2.75) is 44.6 Å². The number of fused-ring (bicyclic) bond motifs is 1. The fourth-order valence-corrected chi connectivity index (χ4v) is 1.74. The van der Waals surface area contributed by atoms with E-state index >= 15 is 0 Å². The molecule has 0 radical (unpaired) electrons. The summed E-state index contributed by atoms with van der Waals surface area (Å²) in [5, 5.41) is 9.67. The second-order valence-electron chi connectivity index (χ2n) is 3.96. The first kappa shape index (κ1) is 8.44. The highest BCUT2D eigenvalue weighted by Gasteiger charge is 2.55. The summed E-state index contributed by atoms with van der Waals surface area (Å²) >= 11 is 0. The SMILES string of the molecule is CC1(C)O[C@H]2COC(C)(O)[C@H]2O1. The smallest absolute Gasteiger partial charge is 0.192 e. The van der Waals surface area contributed by atoms with Crippen LogP contribution in [0, 0.1) is 0 Å². The molecule has 0 aromatic rings. The molecule has 0 aromatic carbocycles. The van der Waals surface area contributed by atoms with E-state index < -0.39 is 11.6 Å². The Morgan fingerprint density at radius 1 is 1.25 bits per heavy atom. The van der Waals surface area contributed by atoms with Crippen molar-refractivity contribution < 1.29 is 19.3 Å². The zero-order valence-corrected chi connectivity index (χ0v) is 7.53. The molecule has 2 aliphatic heterocycles. The molecule has 0 spiro atoms. The van der Waals surface area contributed by atoms with Gasteiger partial charge in [-0.05, 0) is 20.8 Å². The molecule has 3 atom stereocenters. The van der Waals surface area contributed by atoms with Crippen molar-refractivity contribution in [3.05, 3.63) is 0 Å². The normalized spacial score (nSPS) is 51.0. The highest BCUT2D eigenvalue weighted by atomic mass is 16.8. The van der Waals surface area contributed by atoms with Crippen molar-refractivity contribution in [1.29, 1.82) is 0 Å². The van der Waals surface area contributed by atoms with Crippen LogP contribution in [0.1, 0.15) is 20.8 Å². The lowest BCUT2D eigenvalue weighted by molar-refractivity contribution is -0.250. The molecule has 2 aliphatic rings. The Labute approximate surface area is 71.4 Å². The van der Waals surface area contributed by atoms with Gasteiger partial charge in [-0.25, -0.2) is 0 Å². The van der Waals surface area contributed by atoms with E-state index in [2.05, 4.69) is 0 Å². The average molecular weight is 174 g/mol. The van der Waals surface area contributed by atoms with Crippen LogP contribution in [-0.4, -0.2) is 35.5 Å². The fourth-order valence-electron chi connectivity index (χ4n) is 1.74. The van der Waals surface area contributed by atoms with Gasteiger partial charge in [0.15, 0.2) is 11.6 Å². The van der Waals surface area contributed by atoms with E-state index in [1.54, 1.807) is 6.92 Å². The maximum absolute atomic E-state index is 9.67. The number of hydrogen-bond acceptors (Lipinski definition) is 4. The summed E-state index contributed by atoms with van der Waals surface area (Å²) < 4.78 is 16.1. The Balaban J connectivity index is 2.17. The van der Waals surface area contributed by atoms with Gasteiger partial charge in [0, 0.05) is 0 Å². The van der Waals surface area contributed by atoms with Gasteiger partial charge in [0.05, 0.1) is 6.61 Å². The van der Waals surface area contributed by atoms with Crippen molar-refractivity contribution in [3.63, 3.8) is 0 Å². The van der Waals surface area contributed by atoms with Gasteiger partial charge in [-0.1, -0.05) is 0 Å². The summed E-state index contributed by atoms with van der Waals surface area (Å²) in [5.41, 5.74) is 0. The standard InChI is InChI=1S/C8H14O4/c1-7(2)11-5-4-10-8(3,9)6(5)12-7/h5-6,9H,4H2,1-3H3/t5-,6-,8?/m0/s1.